The number of benzene rings is 1. The molecule has 1 atom stereocenters. The van der Waals surface area contributed by atoms with Crippen LogP contribution in [-0.2, 0) is 12.8 Å². The summed E-state index contributed by atoms with van der Waals surface area (Å²) in [5.74, 6) is 5.76. The monoisotopic (exact) mass is 302 g/mol. The van der Waals surface area contributed by atoms with Gasteiger partial charge in [-0.1, -0.05) is 23.8 Å². The van der Waals surface area contributed by atoms with Crippen LogP contribution in [0.5, 0.6) is 0 Å². The first kappa shape index (κ1) is 16.2. The van der Waals surface area contributed by atoms with E-state index in [0.717, 1.165) is 19.3 Å². The lowest BCUT2D eigenvalue weighted by Gasteiger charge is -2.19. The molecule has 3 N–H and O–H groups in total. The Bertz CT molecular complexity index is 538. The molecule has 1 unspecified atom stereocenters. The van der Waals surface area contributed by atoms with Gasteiger partial charge in [-0.15, -0.1) is 11.3 Å². The fourth-order valence-corrected chi connectivity index (χ4v) is 3.75. The fraction of sp³-hybridized carbons (Fsp3) is 0.444. The highest BCUT2D eigenvalue weighted by Gasteiger charge is 2.12. The molecule has 0 aliphatic heterocycles. The summed E-state index contributed by atoms with van der Waals surface area (Å²) >= 11 is 1.84. The van der Waals surface area contributed by atoms with E-state index in [4.69, 9.17) is 5.84 Å². The van der Waals surface area contributed by atoms with Crippen molar-refractivity contribution in [3.63, 3.8) is 0 Å². The molecule has 0 saturated heterocycles. The minimum atomic E-state index is 0.352. The highest BCUT2D eigenvalue weighted by atomic mass is 32.1. The van der Waals surface area contributed by atoms with E-state index in [2.05, 4.69) is 55.8 Å². The Morgan fingerprint density at radius 3 is 2.48 bits per heavy atom. The zero-order valence-corrected chi connectivity index (χ0v) is 14.1. The molecular formula is C18H26N2S. The second-order valence-electron chi connectivity index (χ2n) is 5.92. The Kier molecular flexibility index (Phi) is 5.97. The number of hydrazine groups is 1. The lowest BCUT2D eigenvalue weighted by Crippen LogP contribution is -2.37. The van der Waals surface area contributed by atoms with Crippen molar-refractivity contribution in [3.8, 4) is 0 Å². The third kappa shape index (κ3) is 4.67. The van der Waals surface area contributed by atoms with Crippen molar-refractivity contribution < 1.29 is 0 Å². The molecule has 1 heterocycles. The molecule has 0 amide bonds. The number of aryl methyl sites for hydroxylation is 4. The maximum absolute atomic E-state index is 5.76. The minimum Gasteiger partial charge on any atom is -0.271 e. The molecule has 0 radical (unpaired) electrons. The Labute approximate surface area is 132 Å². The van der Waals surface area contributed by atoms with Gasteiger partial charge in [0, 0.05) is 10.9 Å². The molecule has 2 rings (SSSR count). The number of nitrogens with one attached hydrogen (secondary N) is 1. The third-order valence-electron chi connectivity index (χ3n) is 4.08. The van der Waals surface area contributed by atoms with Crippen LogP contribution in [0.1, 0.15) is 40.0 Å². The maximum atomic E-state index is 5.76. The molecular weight excluding hydrogens is 276 g/mol. The van der Waals surface area contributed by atoms with Gasteiger partial charge < -0.3 is 0 Å². The summed E-state index contributed by atoms with van der Waals surface area (Å²) in [5, 5.41) is 2.15. The van der Waals surface area contributed by atoms with E-state index in [-0.39, 0.29) is 0 Å². The van der Waals surface area contributed by atoms with E-state index < -0.39 is 0 Å². The Morgan fingerprint density at radius 1 is 1.19 bits per heavy atom. The van der Waals surface area contributed by atoms with E-state index in [9.17, 15) is 0 Å². The molecule has 2 nitrogen and oxygen atoms in total. The topological polar surface area (TPSA) is 38.0 Å². The molecule has 114 valence electrons. The molecule has 0 fully saturated rings. The largest absolute Gasteiger partial charge is 0.271 e. The molecule has 3 heteroatoms. The number of thiophene rings is 1. The molecule has 0 spiro atoms. The lowest BCUT2D eigenvalue weighted by atomic mass is 9.93. The minimum absolute atomic E-state index is 0.352. The van der Waals surface area contributed by atoms with Gasteiger partial charge in [0.1, 0.15) is 0 Å². The molecule has 0 saturated carbocycles. The van der Waals surface area contributed by atoms with E-state index >= 15 is 0 Å². The second-order valence-corrected chi connectivity index (χ2v) is 6.95. The van der Waals surface area contributed by atoms with Gasteiger partial charge >= 0.3 is 0 Å². The van der Waals surface area contributed by atoms with Crippen molar-refractivity contribution in [2.75, 3.05) is 0 Å². The molecule has 2 aromatic rings. The van der Waals surface area contributed by atoms with E-state index in [1.54, 1.807) is 0 Å². The number of hydrogen-bond acceptors (Lipinski definition) is 3. The van der Waals surface area contributed by atoms with Crippen LogP contribution in [0.4, 0.5) is 0 Å². The zero-order chi connectivity index (χ0) is 15.2. The summed E-state index contributed by atoms with van der Waals surface area (Å²) in [6, 6.07) is 9.22. The van der Waals surface area contributed by atoms with Gasteiger partial charge in [0.2, 0.25) is 0 Å². The van der Waals surface area contributed by atoms with E-state index in [0.29, 0.717) is 6.04 Å². The summed E-state index contributed by atoms with van der Waals surface area (Å²) in [6.45, 7) is 6.56. The summed E-state index contributed by atoms with van der Waals surface area (Å²) < 4.78 is 0. The van der Waals surface area contributed by atoms with Crippen molar-refractivity contribution in [2.45, 2.75) is 52.5 Å². The third-order valence-corrected chi connectivity index (χ3v) is 5.02. The van der Waals surface area contributed by atoms with Crippen LogP contribution in [0, 0.1) is 20.8 Å². The Balaban J connectivity index is 1.93. The van der Waals surface area contributed by atoms with Gasteiger partial charge in [-0.05, 0) is 74.6 Å². The highest BCUT2D eigenvalue weighted by Crippen LogP contribution is 2.20. The standard InChI is InChI=1S/C18H26N2S/c1-13-10-14(2)18(15(3)11-13)12-16(20-19)6-4-7-17-8-5-9-21-17/h5,8-11,16,20H,4,6-7,12,19H2,1-3H3. The molecule has 1 aromatic heterocycles. The predicted octanol–water partition coefficient (Wildman–Crippen LogP) is 4.07. The van der Waals surface area contributed by atoms with Crippen molar-refractivity contribution in [1.29, 1.82) is 0 Å². The summed E-state index contributed by atoms with van der Waals surface area (Å²) in [6.07, 6.45) is 4.46. The normalized spacial score (nSPS) is 12.6. The van der Waals surface area contributed by atoms with Crippen molar-refractivity contribution in [3.05, 3.63) is 56.8 Å². The molecule has 0 aliphatic carbocycles. The van der Waals surface area contributed by atoms with E-state index in [1.807, 2.05) is 11.3 Å². The summed E-state index contributed by atoms with van der Waals surface area (Å²) in [7, 11) is 0. The van der Waals surface area contributed by atoms with Gasteiger partial charge in [0.15, 0.2) is 0 Å². The zero-order valence-electron chi connectivity index (χ0n) is 13.3. The van der Waals surface area contributed by atoms with Crippen LogP contribution < -0.4 is 11.3 Å². The highest BCUT2D eigenvalue weighted by molar-refractivity contribution is 7.09. The molecule has 21 heavy (non-hydrogen) atoms. The van der Waals surface area contributed by atoms with Gasteiger partial charge in [0.05, 0.1) is 0 Å². The number of rotatable bonds is 7. The van der Waals surface area contributed by atoms with Gasteiger partial charge in [-0.2, -0.15) is 0 Å². The number of nitrogens with two attached hydrogens (primary N) is 1. The van der Waals surface area contributed by atoms with Crippen LogP contribution in [-0.4, -0.2) is 6.04 Å². The smallest absolute Gasteiger partial charge is 0.0251 e. The van der Waals surface area contributed by atoms with E-state index in [1.165, 1.54) is 33.6 Å². The quantitative estimate of drug-likeness (QED) is 0.597. The average molecular weight is 302 g/mol. The van der Waals surface area contributed by atoms with Crippen LogP contribution in [0.3, 0.4) is 0 Å². The van der Waals surface area contributed by atoms with Crippen molar-refractivity contribution in [2.24, 2.45) is 5.84 Å². The first-order valence-electron chi connectivity index (χ1n) is 7.65. The van der Waals surface area contributed by atoms with Gasteiger partial charge in [-0.25, -0.2) is 0 Å². The fourth-order valence-electron chi connectivity index (χ4n) is 3.00. The molecule has 0 bridgehead atoms. The summed E-state index contributed by atoms with van der Waals surface area (Å²) in [4.78, 5) is 1.47. The first-order chi connectivity index (χ1) is 10.1. The SMILES string of the molecule is Cc1cc(C)c(CC(CCCc2cccs2)NN)c(C)c1. The summed E-state index contributed by atoms with van der Waals surface area (Å²) in [5.41, 5.74) is 8.55. The van der Waals surface area contributed by atoms with Crippen molar-refractivity contribution >= 4 is 11.3 Å². The molecule has 1 aromatic carbocycles. The Morgan fingerprint density at radius 2 is 1.90 bits per heavy atom. The second kappa shape index (κ2) is 7.74. The van der Waals surface area contributed by atoms with Gasteiger partial charge in [0.25, 0.3) is 0 Å². The number of hydrogen-bond donors (Lipinski definition) is 2. The van der Waals surface area contributed by atoms with Gasteiger partial charge in [-0.3, -0.25) is 11.3 Å². The molecule has 0 aliphatic rings. The predicted molar refractivity (Wildman–Crippen MR) is 92.7 cm³/mol. The van der Waals surface area contributed by atoms with Crippen LogP contribution in [0.15, 0.2) is 29.6 Å². The van der Waals surface area contributed by atoms with Crippen LogP contribution in [0.2, 0.25) is 0 Å². The maximum Gasteiger partial charge on any atom is 0.0251 e. The van der Waals surface area contributed by atoms with Crippen LogP contribution >= 0.6 is 11.3 Å². The van der Waals surface area contributed by atoms with Crippen LogP contribution in [0.25, 0.3) is 0 Å². The Hall–Kier alpha value is -1.16. The first-order valence-corrected chi connectivity index (χ1v) is 8.53. The van der Waals surface area contributed by atoms with Crippen molar-refractivity contribution in [1.82, 2.24) is 5.43 Å². The average Bonchev–Trinajstić information content (AvgIpc) is 2.93. The lowest BCUT2D eigenvalue weighted by molar-refractivity contribution is 0.475.